The lowest BCUT2D eigenvalue weighted by atomic mass is 9.83. The van der Waals surface area contributed by atoms with Crippen LogP contribution in [0, 0.1) is 5.92 Å². The molecule has 24 heavy (non-hydrogen) atoms. The van der Waals surface area contributed by atoms with E-state index in [-0.39, 0.29) is 23.1 Å². The molecular weight excluding hydrogens is 322 g/mol. The minimum Gasteiger partial charge on any atom is -0.349 e. The molecule has 2 aliphatic rings. The molecule has 2 heterocycles. The lowest BCUT2D eigenvalue weighted by Crippen LogP contribution is -2.41. The maximum atomic E-state index is 12.5. The lowest BCUT2D eigenvalue weighted by Gasteiger charge is -2.29. The van der Waals surface area contributed by atoms with E-state index in [0.717, 1.165) is 36.1 Å². The maximum absolute atomic E-state index is 12.5. The average molecular weight is 350 g/mol. The molecule has 1 amide bonds. The van der Waals surface area contributed by atoms with Crippen molar-refractivity contribution in [2.75, 3.05) is 5.75 Å². The Labute approximate surface area is 147 Å². The van der Waals surface area contributed by atoms with E-state index in [1.54, 1.807) is 16.3 Å². The van der Waals surface area contributed by atoms with Crippen LogP contribution in [0.25, 0.3) is 0 Å². The monoisotopic (exact) mass is 349 g/mol. The van der Waals surface area contributed by atoms with E-state index < -0.39 is 0 Å². The number of thioether (sulfide) groups is 1. The third-order valence-electron chi connectivity index (χ3n) is 5.16. The zero-order valence-electron chi connectivity index (χ0n) is 14.4. The predicted octanol–water partition coefficient (Wildman–Crippen LogP) is 3.22. The highest BCUT2D eigenvalue weighted by Gasteiger charge is 2.24. The smallest absolute Gasteiger partial charge is 0.267 e. The topological polar surface area (TPSA) is 64.0 Å². The number of fused-ring (bicyclic) bond motifs is 1. The molecule has 1 aliphatic carbocycles. The summed E-state index contributed by atoms with van der Waals surface area (Å²) < 4.78 is 1.64. The molecule has 132 valence electrons. The van der Waals surface area contributed by atoms with Gasteiger partial charge in [-0.05, 0) is 38.0 Å². The van der Waals surface area contributed by atoms with Crippen LogP contribution in [0.15, 0.2) is 16.1 Å². The third kappa shape index (κ3) is 4.02. The third-order valence-corrected chi connectivity index (χ3v) is 6.24. The van der Waals surface area contributed by atoms with E-state index in [9.17, 15) is 9.59 Å². The Morgan fingerprint density at radius 1 is 1.38 bits per heavy atom. The summed E-state index contributed by atoms with van der Waals surface area (Å²) in [6.45, 7) is 2.90. The van der Waals surface area contributed by atoms with Crippen LogP contribution in [0.5, 0.6) is 0 Å². The minimum absolute atomic E-state index is 0.189. The molecule has 5 nitrogen and oxygen atoms in total. The zero-order chi connectivity index (χ0) is 16.9. The molecule has 1 saturated carbocycles. The Bertz CT molecular complexity index is 636. The summed E-state index contributed by atoms with van der Waals surface area (Å²) >= 11 is 1.59. The maximum Gasteiger partial charge on any atom is 0.267 e. The second-order valence-electron chi connectivity index (χ2n) is 6.95. The number of hydrogen-bond donors (Lipinski definition) is 1. The Morgan fingerprint density at radius 3 is 2.92 bits per heavy atom. The Kier molecular flexibility index (Phi) is 5.98. The van der Waals surface area contributed by atoms with Crippen LogP contribution in [-0.4, -0.2) is 27.3 Å². The standard InChI is InChI=1S/C18H27N3O2S/c1-2-3-5-13-6-8-14(9-7-13)20-16(22)15-12-19-18-21(17(15)23)10-4-11-24-18/h12-14H,2-11H2,1H3,(H,20,22). The van der Waals surface area contributed by atoms with Crippen molar-refractivity contribution in [2.45, 2.75) is 76.0 Å². The van der Waals surface area contributed by atoms with Gasteiger partial charge < -0.3 is 5.32 Å². The number of hydrogen-bond acceptors (Lipinski definition) is 4. The van der Waals surface area contributed by atoms with Crippen LogP contribution >= 0.6 is 11.8 Å². The van der Waals surface area contributed by atoms with E-state index in [1.807, 2.05) is 0 Å². The van der Waals surface area contributed by atoms with Gasteiger partial charge in [-0.2, -0.15) is 0 Å². The zero-order valence-corrected chi connectivity index (χ0v) is 15.2. The van der Waals surface area contributed by atoms with Crippen LogP contribution in [0.3, 0.4) is 0 Å². The van der Waals surface area contributed by atoms with Gasteiger partial charge in [-0.1, -0.05) is 37.9 Å². The largest absolute Gasteiger partial charge is 0.349 e. The highest BCUT2D eigenvalue weighted by atomic mass is 32.2. The molecule has 1 fully saturated rings. The molecule has 1 N–H and O–H groups in total. The van der Waals surface area contributed by atoms with Crippen molar-refractivity contribution in [1.82, 2.24) is 14.9 Å². The number of carbonyl (C=O) groups is 1. The summed E-state index contributed by atoms with van der Waals surface area (Å²) in [4.78, 5) is 29.3. The van der Waals surface area contributed by atoms with Crippen molar-refractivity contribution in [1.29, 1.82) is 0 Å². The van der Waals surface area contributed by atoms with E-state index in [4.69, 9.17) is 0 Å². The summed E-state index contributed by atoms with van der Waals surface area (Å²) in [5.74, 6) is 1.54. The van der Waals surface area contributed by atoms with Crippen LogP contribution in [0.2, 0.25) is 0 Å². The van der Waals surface area contributed by atoms with Crippen molar-refractivity contribution in [3.8, 4) is 0 Å². The van der Waals surface area contributed by atoms with Crippen molar-refractivity contribution >= 4 is 17.7 Å². The van der Waals surface area contributed by atoms with Gasteiger partial charge in [-0.3, -0.25) is 14.2 Å². The Hall–Kier alpha value is -1.30. The fraction of sp³-hybridized carbons (Fsp3) is 0.722. The first-order chi connectivity index (χ1) is 11.7. The Balaban J connectivity index is 1.59. The van der Waals surface area contributed by atoms with Crippen LogP contribution in [0.4, 0.5) is 0 Å². The predicted molar refractivity (Wildman–Crippen MR) is 96.6 cm³/mol. The van der Waals surface area contributed by atoms with Crippen molar-refractivity contribution in [3.05, 3.63) is 22.1 Å². The first-order valence-corrected chi connectivity index (χ1v) is 10.2. The lowest BCUT2D eigenvalue weighted by molar-refractivity contribution is 0.0918. The van der Waals surface area contributed by atoms with Gasteiger partial charge in [-0.15, -0.1) is 0 Å². The number of nitrogens with one attached hydrogen (secondary N) is 1. The van der Waals surface area contributed by atoms with Gasteiger partial charge in [0.1, 0.15) is 5.56 Å². The van der Waals surface area contributed by atoms with Gasteiger partial charge in [0.15, 0.2) is 5.16 Å². The van der Waals surface area contributed by atoms with E-state index >= 15 is 0 Å². The summed E-state index contributed by atoms with van der Waals surface area (Å²) in [5.41, 5.74) is -0.00399. The highest BCUT2D eigenvalue weighted by Crippen LogP contribution is 2.28. The quantitative estimate of drug-likeness (QED) is 0.829. The molecule has 3 rings (SSSR count). The number of amides is 1. The minimum atomic E-state index is -0.254. The van der Waals surface area contributed by atoms with Gasteiger partial charge in [0.2, 0.25) is 0 Å². The van der Waals surface area contributed by atoms with E-state index in [1.165, 1.54) is 38.3 Å². The molecule has 0 radical (unpaired) electrons. The average Bonchev–Trinajstić information content (AvgIpc) is 2.61. The summed E-state index contributed by atoms with van der Waals surface area (Å²) in [5, 5.41) is 3.80. The normalized spacial score (nSPS) is 23.5. The molecule has 0 unspecified atom stereocenters. The summed E-state index contributed by atoms with van der Waals surface area (Å²) in [6.07, 6.45) is 10.7. The van der Waals surface area contributed by atoms with Crippen molar-refractivity contribution < 1.29 is 4.79 Å². The van der Waals surface area contributed by atoms with Crippen LogP contribution in [-0.2, 0) is 6.54 Å². The first-order valence-electron chi connectivity index (χ1n) is 9.22. The van der Waals surface area contributed by atoms with E-state index in [0.29, 0.717) is 6.54 Å². The molecule has 0 bridgehead atoms. The SMILES string of the molecule is CCCCC1CCC(NC(=O)c2cnc3n(c2=O)CCCS3)CC1. The van der Waals surface area contributed by atoms with Crippen molar-refractivity contribution in [3.63, 3.8) is 0 Å². The fourth-order valence-electron chi connectivity index (χ4n) is 3.68. The molecule has 6 heteroatoms. The van der Waals surface area contributed by atoms with Gasteiger partial charge >= 0.3 is 0 Å². The molecule has 1 aromatic heterocycles. The number of rotatable bonds is 5. The second-order valence-corrected chi connectivity index (χ2v) is 8.01. The van der Waals surface area contributed by atoms with Crippen LogP contribution < -0.4 is 10.9 Å². The number of nitrogens with zero attached hydrogens (tertiary/aromatic N) is 2. The second kappa shape index (κ2) is 8.19. The molecule has 1 aliphatic heterocycles. The van der Waals surface area contributed by atoms with Gasteiger partial charge in [0.25, 0.3) is 11.5 Å². The van der Waals surface area contributed by atoms with Gasteiger partial charge in [0, 0.05) is 24.5 Å². The number of unbranched alkanes of at least 4 members (excludes halogenated alkanes) is 1. The molecular formula is C18H27N3O2S. The van der Waals surface area contributed by atoms with Crippen molar-refractivity contribution in [2.24, 2.45) is 5.92 Å². The Morgan fingerprint density at radius 2 is 2.17 bits per heavy atom. The number of aromatic nitrogens is 2. The van der Waals surface area contributed by atoms with Gasteiger partial charge in [0.05, 0.1) is 0 Å². The highest BCUT2D eigenvalue weighted by molar-refractivity contribution is 7.99. The van der Waals surface area contributed by atoms with E-state index in [2.05, 4.69) is 17.2 Å². The summed E-state index contributed by atoms with van der Waals surface area (Å²) in [7, 11) is 0. The fourth-order valence-corrected chi connectivity index (χ4v) is 4.60. The molecule has 0 saturated heterocycles. The first kappa shape index (κ1) is 17.5. The van der Waals surface area contributed by atoms with Crippen LogP contribution in [0.1, 0.15) is 68.6 Å². The molecule has 1 aromatic rings. The molecule has 0 atom stereocenters. The number of carbonyl (C=O) groups excluding carboxylic acids is 1. The molecule has 0 aromatic carbocycles. The summed E-state index contributed by atoms with van der Waals surface area (Å²) in [6, 6.07) is 0.199. The van der Waals surface area contributed by atoms with Gasteiger partial charge in [-0.25, -0.2) is 4.98 Å². The molecule has 0 spiro atoms.